The second-order valence-electron chi connectivity index (χ2n) is 5.13. The van der Waals surface area contributed by atoms with Gasteiger partial charge in [0.25, 0.3) is 0 Å². The van der Waals surface area contributed by atoms with Gasteiger partial charge in [0.2, 0.25) is 5.91 Å². The van der Waals surface area contributed by atoms with Crippen molar-refractivity contribution < 1.29 is 9.36 Å². The molecule has 0 aliphatic rings. The molecule has 1 N–H and O–H groups in total. The summed E-state index contributed by atoms with van der Waals surface area (Å²) in [5.41, 5.74) is 2.13. The SMILES string of the molecule is CCc1ccccc1NC(=O)CCCC[n+]1ccccc1. The molecule has 21 heavy (non-hydrogen) atoms. The van der Waals surface area contributed by atoms with Crippen molar-refractivity contribution in [2.24, 2.45) is 0 Å². The largest absolute Gasteiger partial charge is 0.326 e. The number of aryl methyl sites for hydroxylation is 2. The predicted octanol–water partition coefficient (Wildman–Crippen LogP) is 3.35. The van der Waals surface area contributed by atoms with Crippen molar-refractivity contribution in [3.8, 4) is 0 Å². The number of nitrogens with one attached hydrogen (secondary N) is 1. The Morgan fingerprint density at radius 1 is 1.05 bits per heavy atom. The fourth-order valence-corrected chi connectivity index (χ4v) is 2.33. The third-order valence-electron chi connectivity index (χ3n) is 3.52. The van der Waals surface area contributed by atoms with Gasteiger partial charge in [0.15, 0.2) is 12.4 Å². The summed E-state index contributed by atoms with van der Waals surface area (Å²) in [4.78, 5) is 12.0. The summed E-state index contributed by atoms with van der Waals surface area (Å²) in [6.45, 7) is 3.06. The zero-order chi connectivity index (χ0) is 14.9. The maximum atomic E-state index is 12.0. The smallest absolute Gasteiger partial charge is 0.224 e. The number of benzene rings is 1. The number of amides is 1. The molecule has 0 bridgehead atoms. The average molecular weight is 283 g/mol. The lowest BCUT2D eigenvalue weighted by molar-refractivity contribution is -0.697. The molecule has 0 unspecified atom stereocenters. The first-order chi connectivity index (χ1) is 10.3. The van der Waals surface area contributed by atoms with Gasteiger partial charge in [-0.3, -0.25) is 4.79 Å². The van der Waals surface area contributed by atoms with Gasteiger partial charge >= 0.3 is 0 Å². The highest BCUT2D eigenvalue weighted by Gasteiger charge is 2.06. The number of nitrogens with zero attached hydrogens (tertiary/aromatic N) is 1. The summed E-state index contributed by atoms with van der Waals surface area (Å²) >= 11 is 0. The van der Waals surface area contributed by atoms with Crippen molar-refractivity contribution in [3.05, 3.63) is 60.4 Å². The van der Waals surface area contributed by atoms with Gasteiger partial charge in [0, 0.05) is 30.7 Å². The van der Waals surface area contributed by atoms with E-state index < -0.39 is 0 Å². The van der Waals surface area contributed by atoms with E-state index in [4.69, 9.17) is 0 Å². The van der Waals surface area contributed by atoms with Crippen molar-refractivity contribution in [2.45, 2.75) is 39.2 Å². The molecule has 0 saturated carbocycles. The van der Waals surface area contributed by atoms with Crippen LogP contribution in [0.1, 0.15) is 31.7 Å². The van der Waals surface area contributed by atoms with Crippen LogP contribution in [-0.2, 0) is 17.8 Å². The Bertz CT molecular complexity index is 566. The first-order valence-corrected chi connectivity index (χ1v) is 7.61. The summed E-state index contributed by atoms with van der Waals surface area (Å²) < 4.78 is 2.14. The number of hydrogen-bond acceptors (Lipinski definition) is 1. The number of carbonyl (C=O) groups is 1. The third kappa shape index (κ3) is 5.03. The molecule has 0 saturated heterocycles. The highest BCUT2D eigenvalue weighted by atomic mass is 16.1. The molecule has 1 heterocycles. The Balaban J connectivity index is 1.72. The lowest BCUT2D eigenvalue weighted by Crippen LogP contribution is -2.32. The van der Waals surface area contributed by atoms with Crippen LogP contribution >= 0.6 is 0 Å². The van der Waals surface area contributed by atoms with Crippen molar-refractivity contribution in [2.75, 3.05) is 5.32 Å². The topological polar surface area (TPSA) is 33.0 Å². The number of aromatic nitrogens is 1. The summed E-state index contributed by atoms with van der Waals surface area (Å²) in [6, 6.07) is 14.0. The number of rotatable bonds is 7. The van der Waals surface area contributed by atoms with Crippen molar-refractivity contribution >= 4 is 11.6 Å². The first kappa shape index (κ1) is 15.2. The molecule has 0 radical (unpaired) electrons. The fourth-order valence-electron chi connectivity index (χ4n) is 2.33. The van der Waals surface area contributed by atoms with Crippen LogP contribution in [0, 0.1) is 0 Å². The average Bonchev–Trinajstić information content (AvgIpc) is 2.53. The Hall–Kier alpha value is -2.16. The molecule has 0 atom stereocenters. The molecular formula is C18H23N2O+. The lowest BCUT2D eigenvalue weighted by atomic mass is 10.1. The number of para-hydroxylation sites is 1. The molecule has 3 nitrogen and oxygen atoms in total. The minimum atomic E-state index is 0.106. The number of pyridine rings is 1. The van der Waals surface area contributed by atoms with Crippen molar-refractivity contribution in [1.82, 2.24) is 0 Å². The predicted molar refractivity (Wildman–Crippen MR) is 84.9 cm³/mol. The fraction of sp³-hybridized carbons (Fsp3) is 0.333. The van der Waals surface area contributed by atoms with Gasteiger partial charge in [0.05, 0.1) is 0 Å². The molecule has 1 aromatic carbocycles. The van der Waals surface area contributed by atoms with E-state index >= 15 is 0 Å². The van der Waals surface area contributed by atoms with E-state index in [1.54, 1.807) is 0 Å². The Morgan fingerprint density at radius 3 is 2.57 bits per heavy atom. The van der Waals surface area contributed by atoms with Crippen LogP contribution in [0.4, 0.5) is 5.69 Å². The number of hydrogen-bond donors (Lipinski definition) is 1. The van der Waals surface area contributed by atoms with E-state index in [0.29, 0.717) is 6.42 Å². The minimum Gasteiger partial charge on any atom is -0.326 e. The van der Waals surface area contributed by atoms with Gasteiger partial charge in [-0.15, -0.1) is 0 Å². The molecular weight excluding hydrogens is 260 g/mol. The van der Waals surface area contributed by atoms with E-state index in [1.165, 1.54) is 5.56 Å². The first-order valence-electron chi connectivity index (χ1n) is 7.61. The lowest BCUT2D eigenvalue weighted by Gasteiger charge is -2.09. The standard InChI is InChI=1S/C18H22N2O/c1-2-16-10-4-5-11-17(16)19-18(21)12-6-9-15-20-13-7-3-8-14-20/h3-5,7-8,10-11,13-14H,2,6,9,12,15H2,1H3/p+1. The van der Waals surface area contributed by atoms with Gasteiger partial charge < -0.3 is 5.32 Å². The van der Waals surface area contributed by atoms with Crippen LogP contribution in [0.5, 0.6) is 0 Å². The van der Waals surface area contributed by atoms with E-state index in [2.05, 4.69) is 35.3 Å². The molecule has 0 spiro atoms. The van der Waals surface area contributed by atoms with Crippen molar-refractivity contribution in [3.63, 3.8) is 0 Å². The number of anilines is 1. The van der Waals surface area contributed by atoms with Crippen LogP contribution in [0.15, 0.2) is 54.9 Å². The summed E-state index contributed by atoms with van der Waals surface area (Å²) in [6.07, 6.45) is 7.53. The van der Waals surface area contributed by atoms with Gasteiger partial charge in [-0.1, -0.05) is 31.2 Å². The minimum absolute atomic E-state index is 0.106. The molecule has 3 heteroatoms. The van der Waals surface area contributed by atoms with Crippen molar-refractivity contribution in [1.29, 1.82) is 0 Å². The molecule has 2 aromatic rings. The summed E-state index contributed by atoms with van der Waals surface area (Å²) in [7, 11) is 0. The summed E-state index contributed by atoms with van der Waals surface area (Å²) in [5.74, 6) is 0.106. The Labute approximate surface area is 126 Å². The zero-order valence-corrected chi connectivity index (χ0v) is 12.6. The molecule has 1 amide bonds. The molecule has 0 fully saturated rings. The van der Waals surface area contributed by atoms with Crippen LogP contribution in [0.2, 0.25) is 0 Å². The zero-order valence-electron chi connectivity index (χ0n) is 12.6. The monoisotopic (exact) mass is 283 g/mol. The second kappa shape index (κ2) is 8.20. The normalized spacial score (nSPS) is 10.3. The molecule has 1 aromatic heterocycles. The van der Waals surface area contributed by atoms with Crippen LogP contribution in [0.25, 0.3) is 0 Å². The summed E-state index contributed by atoms with van der Waals surface area (Å²) in [5, 5.41) is 3.01. The van der Waals surface area contributed by atoms with Crippen LogP contribution in [0.3, 0.4) is 0 Å². The van der Waals surface area contributed by atoms with E-state index in [-0.39, 0.29) is 5.91 Å². The molecule has 110 valence electrons. The maximum absolute atomic E-state index is 12.0. The van der Waals surface area contributed by atoms with E-state index in [9.17, 15) is 4.79 Å². The molecule has 0 aliphatic heterocycles. The Kier molecular flexibility index (Phi) is 5.95. The van der Waals surface area contributed by atoms with Gasteiger partial charge in [-0.2, -0.15) is 0 Å². The number of carbonyl (C=O) groups excluding carboxylic acids is 1. The van der Waals surface area contributed by atoms with Gasteiger partial charge in [-0.05, 0) is 24.5 Å². The quantitative estimate of drug-likeness (QED) is 0.613. The maximum Gasteiger partial charge on any atom is 0.224 e. The highest BCUT2D eigenvalue weighted by molar-refractivity contribution is 5.91. The van der Waals surface area contributed by atoms with E-state index in [0.717, 1.165) is 31.5 Å². The van der Waals surface area contributed by atoms with Gasteiger partial charge in [0.1, 0.15) is 6.54 Å². The van der Waals surface area contributed by atoms with E-state index in [1.807, 2.05) is 36.4 Å². The third-order valence-corrected chi connectivity index (χ3v) is 3.52. The second-order valence-corrected chi connectivity index (χ2v) is 5.13. The molecule has 2 rings (SSSR count). The van der Waals surface area contributed by atoms with Crippen LogP contribution in [-0.4, -0.2) is 5.91 Å². The highest BCUT2D eigenvalue weighted by Crippen LogP contribution is 2.15. The van der Waals surface area contributed by atoms with Crippen LogP contribution < -0.4 is 9.88 Å². The molecule has 0 aliphatic carbocycles. The van der Waals surface area contributed by atoms with Gasteiger partial charge in [-0.25, -0.2) is 4.57 Å². The number of unbranched alkanes of at least 4 members (excludes halogenated alkanes) is 1. The Morgan fingerprint density at radius 2 is 1.81 bits per heavy atom.